The normalized spacial score (nSPS) is 20.6. The highest BCUT2D eigenvalue weighted by Crippen LogP contribution is 2.48. The number of para-hydroxylation sites is 2. The molecule has 0 saturated carbocycles. The van der Waals surface area contributed by atoms with Crippen LogP contribution < -0.4 is 10.2 Å². The highest BCUT2D eigenvalue weighted by atomic mass is 16.2. The van der Waals surface area contributed by atoms with E-state index in [0.717, 1.165) is 54.3 Å². The zero-order valence-electron chi connectivity index (χ0n) is 24.6. The van der Waals surface area contributed by atoms with E-state index in [2.05, 4.69) is 77.5 Å². The maximum atomic E-state index is 13.9. The summed E-state index contributed by atoms with van der Waals surface area (Å²) in [5, 5.41) is 3.65. The topological polar surface area (TPSA) is 55.9 Å². The summed E-state index contributed by atoms with van der Waals surface area (Å²) in [5.74, 6) is 0.253. The number of ketones is 1. The van der Waals surface area contributed by atoms with E-state index in [1.165, 1.54) is 5.56 Å². The van der Waals surface area contributed by atoms with Gasteiger partial charge in [0.1, 0.15) is 0 Å². The molecule has 0 bridgehead atoms. The second-order valence-corrected chi connectivity index (χ2v) is 12.4. The molecule has 3 aromatic carbocycles. The maximum absolute atomic E-state index is 13.9. The number of nitrogens with one attached hydrogen (secondary N) is 1. The Morgan fingerprint density at radius 3 is 2.29 bits per heavy atom. The zero-order chi connectivity index (χ0) is 29.1. The summed E-state index contributed by atoms with van der Waals surface area (Å²) in [4.78, 5) is 34.3. The van der Waals surface area contributed by atoms with E-state index in [1.807, 2.05) is 53.4 Å². The maximum Gasteiger partial charge on any atom is 0.242 e. The molecule has 1 saturated heterocycles. The largest absolute Gasteiger partial charge is 0.357 e. The quantitative estimate of drug-likeness (QED) is 0.391. The fourth-order valence-corrected chi connectivity index (χ4v) is 6.54. The van der Waals surface area contributed by atoms with Crippen LogP contribution in [-0.2, 0) is 9.59 Å². The van der Waals surface area contributed by atoms with Crippen LogP contribution in [0.15, 0.2) is 102 Å². The Bertz CT molecular complexity index is 1490. The summed E-state index contributed by atoms with van der Waals surface area (Å²) in [6, 6.07) is 28.3. The van der Waals surface area contributed by atoms with Crippen LogP contribution >= 0.6 is 0 Å². The third-order valence-corrected chi connectivity index (χ3v) is 8.62. The van der Waals surface area contributed by atoms with Crippen LogP contribution in [0.2, 0.25) is 0 Å². The number of benzene rings is 3. The first-order chi connectivity index (χ1) is 20.4. The molecule has 0 aromatic heterocycles. The first-order valence-corrected chi connectivity index (χ1v) is 15.0. The van der Waals surface area contributed by atoms with E-state index < -0.39 is 0 Å². The van der Waals surface area contributed by atoms with Crippen LogP contribution in [0.25, 0.3) is 6.08 Å². The fraction of sp³-hybridized carbons (Fsp3) is 0.333. The monoisotopic (exact) mass is 560 g/mol. The average molecular weight is 561 g/mol. The molecule has 1 unspecified atom stereocenters. The summed E-state index contributed by atoms with van der Waals surface area (Å²) in [6.45, 7) is 8.47. The Labute approximate surface area is 249 Å². The molecule has 2 aliphatic heterocycles. The van der Waals surface area contributed by atoms with Crippen LogP contribution in [0.1, 0.15) is 43.9 Å². The highest BCUT2D eigenvalue weighted by molar-refractivity contribution is 6.01. The van der Waals surface area contributed by atoms with Gasteiger partial charge in [0.25, 0.3) is 0 Å². The average Bonchev–Trinajstić information content (AvgIpc) is 3.12. The van der Waals surface area contributed by atoms with Crippen molar-refractivity contribution in [2.45, 2.75) is 32.7 Å². The molecule has 6 nitrogen and oxygen atoms in total. The zero-order valence-corrected chi connectivity index (χ0v) is 24.6. The molecule has 0 radical (unpaired) electrons. The number of carbonyl (C=O) groups is 2. The number of Topliss-reactive ketones (excluding diaryl/α,β-unsaturated/α-hetero) is 1. The standard InChI is InChI=1S/C36H40N4O2/c1-36(2)24-30-34(32(41)25-36)35(28-15-7-4-8-16-28)40(31-18-10-9-17-29(31)37-30)26-33(42)39-22-20-38(21-23-39)19-11-14-27-12-5-3-6-13-27/h3-18,35,37H,19-26H2,1-2H3/b14-11+. The van der Waals surface area contributed by atoms with E-state index in [4.69, 9.17) is 0 Å². The number of carbonyl (C=O) groups excluding carboxylic acids is 2. The lowest BCUT2D eigenvalue weighted by molar-refractivity contribution is -0.131. The van der Waals surface area contributed by atoms with Crippen LogP contribution in [-0.4, -0.2) is 60.8 Å². The molecule has 2 heterocycles. The summed E-state index contributed by atoms with van der Waals surface area (Å²) >= 11 is 0. The molecule has 6 heteroatoms. The Balaban J connectivity index is 1.24. The molecule has 216 valence electrons. The van der Waals surface area contributed by atoms with E-state index in [-0.39, 0.29) is 29.7 Å². The van der Waals surface area contributed by atoms with Gasteiger partial charge in [0.2, 0.25) is 5.91 Å². The number of fused-ring (bicyclic) bond motifs is 1. The van der Waals surface area contributed by atoms with Gasteiger partial charge in [0, 0.05) is 50.4 Å². The van der Waals surface area contributed by atoms with Gasteiger partial charge in [-0.25, -0.2) is 0 Å². The minimum Gasteiger partial charge on any atom is -0.357 e. The summed E-state index contributed by atoms with van der Waals surface area (Å²) < 4.78 is 0. The van der Waals surface area contributed by atoms with Gasteiger partial charge in [0.15, 0.2) is 5.78 Å². The van der Waals surface area contributed by atoms with Crippen LogP contribution in [0, 0.1) is 5.41 Å². The van der Waals surface area contributed by atoms with Gasteiger partial charge >= 0.3 is 0 Å². The van der Waals surface area contributed by atoms with Crippen molar-refractivity contribution in [2.24, 2.45) is 5.41 Å². The third-order valence-electron chi connectivity index (χ3n) is 8.62. The fourth-order valence-electron chi connectivity index (χ4n) is 6.54. The van der Waals surface area contributed by atoms with Gasteiger partial charge in [-0.2, -0.15) is 0 Å². The van der Waals surface area contributed by atoms with E-state index >= 15 is 0 Å². The predicted molar refractivity (Wildman–Crippen MR) is 170 cm³/mol. The summed E-state index contributed by atoms with van der Waals surface area (Å²) in [7, 11) is 0. The molecule has 42 heavy (non-hydrogen) atoms. The van der Waals surface area contributed by atoms with Gasteiger partial charge in [-0.3, -0.25) is 14.5 Å². The number of hydrogen-bond donors (Lipinski definition) is 1. The van der Waals surface area contributed by atoms with Crippen molar-refractivity contribution in [3.05, 3.63) is 113 Å². The second kappa shape index (κ2) is 12.0. The Morgan fingerprint density at radius 2 is 1.55 bits per heavy atom. The highest BCUT2D eigenvalue weighted by Gasteiger charge is 2.42. The van der Waals surface area contributed by atoms with Crippen molar-refractivity contribution >= 4 is 29.1 Å². The first kappa shape index (κ1) is 28.0. The number of rotatable bonds is 6. The number of hydrogen-bond acceptors (Lipinski definition) is 5. The number of nitrogens with zero attached hydrogens (tertiary/aromatic N) is 3. The number of allylic oxidation sites excluding steroid dienone is 1. The lowest BCUT2D eigenvalue weighted by Gasteiger charge is -2.39. The smallest absolute Gasteiger partial charge is 0.242 e. The van der Waals surface area contributed by atoms with Gasteiger partial charge in [0.05, 0.1) is 24.0 Å². The molecule has 6 rings (SSSR count). The van der Waals surface area contributed by atoms with Crippen molar-refractivity contribution in [1.29, 1.82) is 0 Å². The number of amides is 1. The molecular formula is C36H40N4O2. The predicted octanol–water partition coefficient (Wildman–Crippen LogP) is 6.16. The number of anilines is 2. The summed E-state index contributed by atoms with van der Waals surface area (Å²) in [6.07, 6.45) is 5.64. The van der Waals surface area contributed by atoms with E-state index in [0.29, 0.717) is 19.5 Å². The molecule has 3 aliphatic rings. The van der Waals surface area contributed by atoms with Crippen molar-refractivity contribution in [1.82, 2.24) is 9.80 Å². The van der Waals surface area contributed by atoms with Crippen molar-refractivity contribution in [2.75, 3.05) is 49.5 Å². The molecule has 1 amide bonds. The lowest BCUT2D eigenvalue weighted by Crippen LogP contribution is -2.51. The Morgan fingerprint density at radius 1 is 0.881 bits per heavy atom. The molecule has 1 fully saturated rings. The van der Waals surface area contributed by atoms with Crippen LogP contribution in [0.3, 0.4) is 0 Å². The Hall–Kier alpha value is -4.16. The molecule has 1 N–H and O–H groups in total. The van der Waals surface area contributed by atoms with Crippen LogP contribution in [0.4, 0.5) is 11.4 Å². The van der Waals surface area contributed by atoms with E-state index in [1.54, 1.807) is 0 Å². The van der Waals surface area contributed by atoms with Crippen molar-refractivity contribution < 1.29 is 9.59 Å². The van der Waals surface area contributed by atoms with Crippen molar-refractivity contribution in [3.63, 3.8) is 0 Å². The molecule has 1 atom stereocenters. The van der Waals surface area contributed by atoms with Gasteiger partial charge in [-0.15, -0.1) is 0 Å². The minimum atomic E-state index is -0.339. The third kappa shape index (κ3) is 6.04. The molecule has 1 aliphatic carbocycles. The van der Waals surface area contributed by atoms with Gasteiger partial charge < -0.3 is 15.1 Å². The molecule has 0 spiro atoms. The second-order valence-electron chi connectivity index (χ2n) is 12.4. The molecular weight excluding hydrogens is 520 g/mol. The van der Waals surface area contributed by atoms with Gasteiger partial charge in [-0.05, 0) is 35.1 Å². The minimum absolute atomic E-state index is 0.0952. The summed E-state index contributed by atoms with van der Waals surface area (Å²) in [5.41, 5.74) is 5.76. The SMILES string of the molecule is CC1(C)CC(=O)C2=C(C1)Nc1ccccc1N(CC(=O)N1CCN(C/C=C/c3ccccc3)CC1)C2c1ccccc1. The number of piperazine rings is 1. The van der Waals surface area contributed by atoms with Crippen molar-refractivity contribution in [3.8, 4) is 0 Å². The van der Waals surface area contributed by atoms with Gasteiger partial charge in [-0.1, -0.05) is 98.8 Å². The lowest BCUT2D eigenvalue weighted by atomic mass is 9.73. The van der Waals surface area contributed by atoms with E-state index in [9.17, 15) is 9.59 Å². The first-order valence-electron chi connectivity index (χ1n) is 15.0. The Kier molecular flexibility index (Phi) is 7.98. The van der Waals surface area contributed by atoms with Crippen LogP contribution in [0.5, 0.6) is 0 Å². The molecule has 3 aromatic rings.